The Bertz CT molecular complexity index is 165. The molecule has 9 nitrogen and oxygen atoms in total. The standard InChI is InChI=1S/3C3H6O2.3H3N/c3*1-2-3(4)5;;;/h3*2H2,1H3,(H,4,5);3*1H3. The van der Waals surface area contributed by atoms with E-state index in [2.05, 4.69) is 0 Å². The van der Waals surface area contributed by atoms with Gasteiger partial charge in [0, 0.05) is 17.9 Å². The third-order valence-electron chi connectivity index (χ3n) is 0.866. The first kappa shape index (κ1) is 36.0. The Balaban J connectivity index is -0.0000000277. The van der Waals surface area contributed by atoms with E-state index in [1.807, 2.05) is 0 Å². The Hall–Kier alpha value is -1.71. The number of aliphatic carboxylic acids is 3. The zero-order valence-electron chi connectivity index (χ0n) is 12.1. The van der Waals surface area contributed by atoms with Crippen molar-refractivity contribution in [3.8, 4) is 0 Å². The first-order valence-electron chi connectivity index (χ1n) is 4.41. The number of hydrogen-bond acceptors (Lipinski definition) is 6. The number of carbonyl (C=O) groups is 3. The summed E-state index contributed by atoms with van der Waals surface area (Å²) >= 11 is 0. The molecule has 114 valence electrons. The van der Waals surface area contributed by atoms with Crippen LogP contribution in [0.2, 0.25) is 0 Å². The van der Waals surface area contributed by atoms with E-state index in [4.69, 9.17) is 0 Å². The van der Waals surface area contributed by atoms with Gasteiger partial charge in [-0.1, -0.05) is 20.8 Å². The molecule has 0 aromatic rings. The van der Waals surface area contributed by atoms with Gasteiger partial charge < -0.3 is 48.2 Å². The lowest BCUT2D eigenvalue weighted by Gasteiger charge is -1.87. The van der Waals surface area contributed by atoms with E-state index < -0.39 is 17.9 Å². The van der Waals surface area contributed by atoms with E-state index in [9.17, 15) is 29.7 Å². The predicted octanol–water partition coefficient (Wildman–Crippen LogP) is -1.43. The smallest absolute Gasteiger partial charge is 0.0411 e. The number of rotatable bonds is 3. The summed E-state index contributed by atoms with van der Waals surface area (Å²) in [6.45, 7) is 4.61. The molecule has 0 spiro atoms. The fraction of sp³-hybridized carbons (Fsp3) is 0.667. The second-order valence-corrected chi connectivity index (χ2v) is 2.18. The molecule has 0 saturated carbocycles. The van der Waals surface area contributed by atoms with Crippen LogP contribution in [0.4, 0.5) is 0 Å². The highest BCUT2D eigenvalue weighted by molar-refractivity contribution is 5.64. The number of quaternary nitrogens is 3. The van der Waals surface area contributed by atoms with Crippen LogP contribution in [0, 0.1) is 0 Å². The first-order chi connectivity index (χ1) is 6.81. The maximum Gasteiger partial charge on any atom is 0.0411 e. The van der Waals surface area contributed by atoms with E-state index >= 15 is 0 Å². The molecule has 0 radical (unpaired) electrons. The second kappa shape index (κ2) is 29.5. The van der Waals surface area contributed by atoms with Gasteiger partial charge in [0.05, 0.1) is 0 Å². The molecule has 9 heteroatoms. The molecular formula is C9H27N3O6. The van der Waals surface area contributed by atoms with E-state index in [1.165, 1.54) is 20.8 Å². The lowest BCUT2D eigenvalue weighted by Crippen LogP contribution is -2.20. The summed E-state index contributed by atoms with van der Waals surface area (Å²) in [4.78, 5) is 27.8. The summed E-state index contributed by atoms with van der Waals surface area (Å²) < 4.78 is 0. The van der Waals surface area contributed by atoms with E-state index in [0.29, 0.717) is 0 Å². The van der Waals surface area contributed by atoms with Gasteiger partial charge in [-0.15, -0.1) is 0 Å². The third kappa shape index (κ3) is 137. The molecule has 18 heavy (non-hydrogen) atoms. The van der Waals surface area contributed by atoms with Crippen molar-refractivity contribution in [2.75, 3.05) is 0 Å². The van der Waals surface area contributed by atoms with Crippen molar-refractivity contribution in [3.05, 3.63) is 0 Å². The van der Waals surface area contributed by atoms with Gasteiger partial charge in [0.15, 0.2) is 0 Å². The lowest BCUT2D eigenvalue weighted by molar-refractivity contribution is -0.306. The highest BCUT2D eigenvalue weighted by Crippen LogP contribution is 1.62. The fourth-order valence-electron chi connectivity index (χ4n) is 0. The summed E-state index contributed by atoms with van der Waals surface area (Å²) in [5, 5.41) is 27.8. The van der Waals surface area contributed by atoms with Crippen LogP contribution in [0.15, 0.2) is 0 Å². The van der Waals surface area contributed by atoms with Gasteiger partial charge in [-0.05, 0) is 19.3 Å². The van der Waals surface area contributed by atoms with E-state index in [-0.39, 0.29) is 37.7 Å². The van der Waals surface area contributed by atoms with Crippen molar-refractivity contribution < 1.29 is 29.7 Å². The minimum absolute atomic E-state index is 0. The number of carboxylic acids is 3. The minimum Gasteiger partial charge on any atom is -0.550 e. The molecular weight excluding hydrogens is 246 g/mol. The first-order valence-corrected chi connectivity index (χ1v) is 4.41. The van der Waals surface area contributed by atoms with Crippen molar-refractivity contribution in [1.29, 1.82) is 0 Å². The number of carboxylic acid groups (broad SMARTS) is 3. The average Bonchev–Trinajstić information content (AvgIpc) is 2.19. The molecule has 0 aromatic heterocycles. The van der Waals surface area contributed by atoms with Crippen molar-refractivity contribution >= 4 is 17.9 Å². The topological polar surface area (TPSA) is 230 Å². The number of hydrogen-bond donors (Lipinski definition) is 3. The van der Waals surface area contributed by atoms with Gasteiger partial charge in [-0.3, -0.25) is 0 Å². The van der Waals surface area contributed by atoms with Crippen LogP contribution in [0.25, 0.3) is 0 Å². The molecule has 0 aliphatic rings. The van der Waals surface area contributed by atoms with Gasteiger partial charge in [-0.25, -0.2) is 0 Å². The van der Waals surface area contributed by atoms with Crippen LogP contribution in [0.5, 0.6) is 0 Å². The second-order valence-electron chi connectivity index (χ2n) is 2.18. The van der Waals surface area contributed by atoms with Gasteiger partial charge in [0.2, 0.25) is 0 Å². The molecule has 0 unspecified atom stereocenters. The van der Waals surface area contributed by atoms with E-state index in [1.54, 1.807) is 0 Å². The monoisotopic (exact) mass is 273 g/mol. The molecule has 0 aliphatic heterocycles. The largest absolute Gasteiger partial charge is 0.550 e. The van der Waals surface area contributed by atoms with Gasteiger partial charge in [-0.2, -0.15) is 0 Å². The average molecular weight is 273 g/mol. The predicted molar refractivity (Wildman–Crippen MR) is 63.8 cm³/mol. The van der Waals surface area contributed by atoms with Gasteiger partial charge in [0.25, 0.3) is 0 Å². The summed E-state index contributed by atoms with van der Waals surface area (Å²) in [6.07, 6.45) is 0.333. The highest BCUT2D eigenvalue weighted by atomic mass is 16.4. The van der Waals surface area contributed by atoms with E-state index in [0.717, 1.165) is 0 Å². The van der Waals surface area contributed by atoms with Gasteiger partial charge in [0.1, 0.15) is 0 Å². The van der Waals surface area contributed by atoms with Crippen molar-refractivity contribution in [3.63, 3.8) is 0 Å². The fourth-order valence-corrected chi connectivity index (χ4v) is 0. The van der Waals surface area contributed by atoms with Crippen LogP contribution in [0.3, 0.4) is 0 Å². The Morgan fingerprint density at radius 3 is 0.667 bits per heavy atom. The summed E-state index contributed by atoms with van der Waals surface area (Å²) in [6, 6.07) is 0. The van der Waals surface area contributed by atoms with Crippen molar-refractivity contribution in [2.45, 2.75) is 40.0 Å². The Morgan fingerprint density at radius 2 is 0.667 bits per heavy atom. The third-order valence-corrected chi connectivity index (χ3v) is 0.866. The van der Waals surface area contributed by atoms with Gasteiger partial charge >= 0.3 is 0 Å². The van der Waals surface area contributed by atoms with Crippen molar-refractivity contribution in [2.24, 2.45) is 0 Å². The highest BCUT2D eigenvalue weighted by Gasteiger charge is 1.66. The molecule has 0 bridgehead atoms. The molecule has 0 fully saturated rings. The SMILES string of the molecule is CCC(=O)[O-].CCC(=O)[O-].CCC(=O)[O-].[NH4+].[NH4+].[NH4+]. The van der Waals surface area contributed by atoms with Crippen LogP contribution in [0.1, 0.15) is 40.0 Å². The van der Waals surface area contributed by atoms with Crippen LogP contribution < -0.4 is 33.8 Å². The maximum absolute atomic E-state index is 9.26. The zero-order valence-corrected chi connectivity index (χ0v) is 12.1. The lowest BCUT2D eigenvalue weighted by atomic mass is 10.5. The molecule has 0 aliphatic carbocycles. The Kier molecular flexibility index (Phi) is 58.9. The van der Waals surface area contributed by atoms with Crippen LogP contribution >= 0.6 is 0 Å². The molecule has 0 heterocycles. The minimum atomic E-state index is -0.995. The molecule has 0 amide bonds. The zero-order chi connectivity index (χ0) is 12.9. The quantitative estimate of drug-likeness (QED) is 0.556. The summed E-state index contributed by atoms with van der Waals surface area (Å²) in [5.74, 6) is -2.99. The van der Waals surface area contributed by atoms with Crippen molar-refractivity contribution in [1.82, 2.24) is 18.5 Å². The Morgan fingerprint density at radius 1 is 0.611 bits per heavy atom. The maximum atomic E-state index is 9.26. The molecule has 0 atom stereocenters. The molecule has 0 saturated heterocycles. The van der Waals surface area contributed by atoms with Crippen LogP contribution in [-0.2, 0) is 14.4 Å². The molecule has 0 rings (SSSR count). The number of carbonyl (C=O) groups excluding carboxylic acids is 3. The summed E-state index contributed by atoms with van der Waals surface area (Å²) in [5.41, 5.74) is 0. The van der Waals surface area contributed by atoms with Crippen LogP contribution in [-0.4, -0.2) is 17.9 Å². The molecule has 12 N–H and O–H groups in total. The Labute approximate surface area is 107 Å². The summed E-state index contributed by atoms with van der Waals surface area (Å²) in [7, 11) is 0. The molecule has 0 aromatic carbocycles. The normalized spacial score (nSPS) is 6.17.